The molecule has 0 aliphatic carbocycles. The summed E-state index contributed by atoms with van der Waals surface area (Å²) in [5.41, 5.74) is 1.02. The maximum absolute atomic E-state index is 5.82. The number of piperazine rings is 1. The molecule has 1 N–H and O–H groups in total. The zero-order valence-corrected chi connectivity index (χ0v) is 13.0. The van der Waals surface area contributed by atoms with E-state index >= 15 is 0 Å². The highest BCUT2D eigenvalue weighted by Gasteiger charge is 2.28. The van der Waals surface area contributed by atoms with E-state index in [4.69, 9.17) is 9.26 Å². The van der Waals surface area contributed by atoms with E-state index in [2.05, 4.69) is 27.4 Å². The van der Waals surface area contributed by atoms with Crippen LogP contribution < -0.4 is 5.32 Å². The molecule has 0 saturated carbocycles. The van der Waals surface area contributed by atoms with Crippen LogP contribution in [-0.2, 0) is 4.74 Å². The van der Waals surface area contributed by atoms with Crippen LogP contribution in [0.2, 0.25) is 0 Å². The summed E-state index contributed by atoms with van der Waals surface area (Å²) in [6.45, 7) is 5.35. The van der Waals surface area contributed by atoms with Crippen molar-refractivity contribution in [2.24, 2.45) is 0 Å². The number of hydrogen-bond donors (Lipinski definition) is 1. The first-order chi connectivity index (χ1) is 10.8. The van der Waals surface area contributed by atoms with Crippen LogP contribution >= 0.6 is 0 Å². The minimum atomic E-state index is -0.311. The summed E-state index contributed by atoms with van der Waals surface area (Å²) in [6, 6.07) is 10.1. The number of likely N-dealkylation sites (N-methyl/N-ethyl adjacent to an activating group) is 1. The van der Waals surface area contributed by atoms with Gasteiger partial charge >= 0.3 is 0 Å². The van der Waals surface area contributed by atoms with Crippen molar-refractivity contribution in [2.45, 2.75) is 19.1 Å². The molecule has 1 saturated heterocycles. The molecule has 2 heterocycles. The molecule has 1 aromatic heterocycles. The van der Waals surface area contributed by atoms with Crippen LogP contribution in [0.3, 0.4) is 0 Å². The van der Waals surface area contributed by atoms with Crippen molar-refractivity contribution in [3.63, 3.8) is 0 Å². The second-order valence-electron chi connectivity index (χ2n) is 5.44. The second-order valence-corrected chi connectivity index (χ2v) is 5.44. The van der Waals surface area contributed by atoms with Gasteiger partial charge in [0.15, 0.2) is 11.9 Å². The van der Waals surface area contributed by atoms with Crippen LogP contribution in [0.15, 0.2) is 34.9 Å². The standard InChI is InChI=1S/C16H22N4O2/c1-3-21-14(12-7-5-4-6-8-12)16-18-15(19-22-16)13-11-17-9-10-20(13)2/h4-8,13-14,17H,3,9-11H2,1-2H3. The van der Waals surface area contributed by atoms with E-state index in [0.29, 0.717) is 18.3 Å². The first-order valence-corrected chi connectivity index (χ1v) is 7.70. The molecule has 0 radical (unpaired) electrons. The van der Waals surface area contributed by atoms with E-state index in [1.807, 2.05) is 37.3 Å². The third-order valence-electron chi connectivity index (χ3n) is 3.93. The van der Waals surface area contributed by atoms with E-state index in [9.17, 15) is 0 Å². The van der Waals surface area contributed by atoms with E-state index in [0.717, 1.165) is 25.2 Å². The Balaban J connectivity index is 1.84. The molecule has 6 heteroatoms. The summed E-state index contributed by atoms with van der Waals surface area (Å²) in [5.74, 6) is 1.23. The van der Waals surface area contributed by atoms with Crippen molar-refractivity contribution in [3.05, 3.63) is 47.6 Å². The largest absolute Gasteiger partial charge is 0.364 e. The molecule has 2 atom stereocenters. The molecule has 118 valence electrons. The van der Waals surface area contributed by atoms with Crippen molar-refractivity contribution < 1.29 is 9.26 Å². The average Bonchev–Trinajstić information content (AvgIpc) is 3.03. The van der Waals surface area contributed by atoms with Gasteiger partial charge in [-0.2, -0.15) is 4.98 Å². The number of benzene rings is 1. The third-order valence-corrected chi connectivity index (χ3v) is 3.93. The molecule has 0 bridgehead atoms. The number of hydrogen-bond acceptors (Lipinski definition) is 6. The lowest BCUT2D eigenvalue weighted by Gasteiger charge is -2.30. The summed E-state index contributed by atoms with van der Waals surface area (Å²) < 4.78 is 11.3. The highest BCUT2D eigenvalue weighted by atomic mass is 16.5. The normalized spacial score (nSPS) is 20.9. The van der Waals surface area contributed by atoms with Gasteiger partial charge in [0.1, 0.15) is 0 Å². The molecule has 22 heavy (non-hydrogen) atoms. The van der Waals surface area contributed by atoms with Gasteiger partial charge in [-0.3, -0.25) is 4.90 Å². The predicted octanol–water partition coefficient (Wildman–Crippen LogP) is 1.77. The van der Waals surface area contributed by atoms with Gasteiger partial charge in [0.2, 0.25) is 0 Å². The predicted molar refractivity (Wildman–Crippen MR) is 82.4 cm³/mol. The van der Waals surface area contributed by atoms with Crippen LogP contribution in [0.4, 0.5) is 0 Å². The molecule has 0 spiro atoms. The van der Waals surface area contributed by atoms with Gasteiger partial charge < -0.3 is 14.6 Å². The van der Waals surface area contributed by atoms with E-state index in [1.54, 1.807) is 0 Å². The monoisotopic (exact) mass is 302 g/mol. The van der Waals surface area contributed by atoms with E-state index in [-0.39, 0.29) is 12.1 Å². The number of nitrogens with zero attached hydrogens (tertiary/aromatic N) is 3. The summed E-state index contributed by atoms with van der Waals surface area (Å²) in [5, 5.41) is 7.54. The van der Waals surface area contributed by atoms with Crippen LogP contribution in [0, 0.1) is 0 Å². The lowest BCUT2D eigenvalue weighted by atomic mass is 10.1. The Hall–Kier alpha value is -1.76. The number of nitrogens with one attached hydrogen (secondary N) is 1. The Labute approximate surface area is 130 Å². The van der Waals surface area contributed by atoms with Crippen molar-refractivity contribution >= 4 is 0 Å². The number of ether oxygens (including phenoxy) is 1. The zero-order chi connectivity index (χ0) is 15.4. The molecule has 1 fully saturated rings. The lowest BCUT2D eigenvalue weighted by molar-refractivity contribution is 0.0667. The minimum Gasteiger partial charge on any atom is -0.364 e. The fourth-order valence-electron chi connectivity index (χ4n) is 2.69. The molecule has 2 aromatic rings. The molecule has 1 aromatic carbocycles. The molecule has 3 rings (SSSR count). The quantitative estimate of drug-likeness (QED) is 0.908. The number of rotatable bonds is 5. The molecular formula is C16H22N4O2. The summed E-state index contributed by atoms with van der Waals surface area (Å²) in [4.78, 5) is 6.83. The Bertz CT molecular complexity index is 587. The van der Waals surface area contributed by atoms with Crippen LogP contribution in [0.1, 0.15) is 36.3 Å². The van der Waals surface area contributed by atoms with Crippen molar-refractivity contribution in [3.8, 4) is 0 Å². The van der Waals surface area contributed by atoms with Gasteiger partial charge in [0, 0.05) is 26.2 Å². The summed E-state index contributed by atoms with van der Waals surface area (Å²) in [7, 11) is 2.08. The zero-order valence-electron chi connectivity index (χ0n) is 13.0. The average molecular weight is 302 g/mol. The molecule has 1 aliphatic rings. The Morgan fingerprint density at radius 3 is 2.95 bits per heavy atom. The van der Waals surface area contributed by atoms with E-state index in [1.165, 1.54) is 0 Å². The Morgan fingerprint density at radius 2 is 2.23 bits per heavy atom. The fourth-order valence-corrected chi connectivity index (χ4v) is 2.69. The molecular weight excluding hydrogens is 280 g/mol. The minimum absolute atomic E-state index is 0.143. The van der Waals surface area contributed by atoms with Crippen molar-refractivity contribution in [2.75, 3.05) is 33.3 Å². The molecule has 2 unspecified atom stereocenters. The van der Waals surface area contributed by atoms with Gasteiger partial charge in [0.05, 0.1) is 6.04 Å². The first-order valence-electron chi connectivity index (χ1n) is 7.70. The smallest absolute Gasteiger partial charge is 0.260 e. The first kappa shape index (κ1) is 15.1. The van der Waals surface area contributed by atoms with Gasteiger partial charge in [-0.05, 0) is 19.5 Å². The summed E-state index contributed by atoms with van der Waals surface area (Å²) >= 11 is 0. The van der Waals surface area contributed by atoms with Crippen molar-refractivity contribution in [1.29, 1.82) is 0 Å². The van der Waals surface area contributed by atoms with Crippen LogP contribution in [-0.4, -0.2) is 48.3 Å². The highest BCUT2D eigenvalue weighted by molar-refractivity contribution is 5.22. The van der Waals surface area contributed by atoms with Gasteiger partial charge in [0.25, 0.3) is 5.89 Å². The van der Waals surface area contributed by atoms with E-state index < -0.39 is 0 Å². The third kappa shape index (κ3) is 3.19. The lowest BCUT2D eigenvalue weighted by Crippen LogP contribution is -2.44. The summed E-state index contributed by atoms with van der Waals surface area (Å²) in [6.07, 6.45) is -0.311. The maximum Gasteiger partial charge on any atom is 0.260 e. The highest BCUT2D eigenvalue weighted by Crippen LogP contribution is 2.26. The van der Waals surface area contributed by atoms with Crippen LogP contribution in [0.5, 0.6) is 0 Å². The second kappa shape index (κ2) is 7.00. The van der Waals surface area contributed by atoms with Gasteiger partial charge in [-0.1, -0.05) is 35.5 Å². The fraction of sp³-hybridized carbons (Fsp3) is 0.500. The van der Waals surface area contributed by atoms with Crippen LogP contribution in [0.25, 0.3) is 0 Å². The number of aromatic nitrogens is 2. The maximum atomic E-state index is 5.82. The Morgan fingerprint density at radius 1 is 1.41 bits per heavy atom. The van der Waals surface area contributed by atoms with Crippen molar-refractivity contribution in [1.82, 2.24) is 20.4 Å². The van der Waals surface area contributed by atoms with Gasteiger partial charge in [-0.15, -0.1) is 0 Å². The molecule has 0 amide bonds. The Kier molecular flexibility index (Phi) is 4.82. The SMILES string of the molecule is CCOC(c1ccccc1)c1nc(C2CNCCN2C)no1. The molecule has 1 aliphatic heterocycles. The topological polar surface area (TPSA) is 63.4 Å². The van der Waals surface area contributed by atoms with Gasteiger partial charge in [-0.25, -0.2) is 0 Å². The molecule has 6 nitrogen and oxygen atoms in total.